The highest BCUT2D eigenvalue weighted by molar-refractivity contribution is 8.00. The number of anilines is 2. The van der Waals surface area contributed by atoms with Gasteiger partial charge in [0.15, 0.2) is 0 Å². The van der Waals surface area contributed by atoms with E-state index in [9.17, 15) is 14.4 Å². The van der Waals surface area contributed by atoms with Crippen LogP contribution in [0.15, 0.2) is 174 Å². The molecule has 8 heteroatoms. The molecule has 0 saturated carbocycles. The van der Waals surface area contributed by atoms with Crippen LogP contribution in [0.3, 0.4) is 0 Å². The first kappa shape index (κ1) is 33.5. The van der Waals surface area contributed by atoms with Crippen molar-refractivity contribution in [2.75, 3.05) is 16.4 Å². The molecule has 0 atom stereocenters. The van der Waals surface area contributed by atoms with Gasteiger partial charge in [-0.3, -0.25) is 14.4 Å². The maximum Gasteiger partial charge on any atom is 0.272 e. The van der Waals surface area contributed by atoms with E-state index in [1.165, 1.54) is 11.8 Å². The second-order valence-electron chi connectivity index (χ2n) is 11.1. The van der Waals surface area contributed by atoms with E-state index < -0.39 is 11.8 Å². The number of carbonyl (C=O) groups is 3. The lowest BCUT2D eigenvalue weighted by molar-refractivity contribution is -0.114. The van der Waals surface area contributed by atoms with Gasteiger partial charge in [0, 0.05) is 21.8 Å². The van der Waals surface area contributed by atoms with Crippen molar-refractivity contribution in [2.24, 2.45) is 0 Å². The summed E-state index contributed by atoms with van der Waals surface area (Å²) in [5.74, 6) is 0.505. The Balaban J connectivity index is 1.09. The third kappa shape index (κ3) is 9.59. The van der Waals surface area contributed by atoms with Crippen molar-refractivity contribution in [2.45, 2.75) is 4.90 Å². The van der Waals surface area contributed by atoms with Crippen LogP contribution in [-0.4, -0.2) is 23.5 Å². The summed E-state index contributed by atoms with van der Waals surface area (Å²) in [6, 6.07) is 50.3. The molecule has 0 aliphatic carbocycles. The van der Waals surface area contributed by atoms with Gasteiger partial charge in [-0.1, -0.05) is 97.1 Å². The normalized spacial score (nSPS) is 10.9. The molecular weight excluding hydrogens is 643 g/mol. The topological polar surface area (TPSA) is 96.5 Å². The molecule has 0 heterocycles. The zero-order valence-electron chi connectivity index (χ0n) is 26.9. The van der Waals surface area contributed by atoms with Gasteiger partial charge in [-0.15, -0.1) is 11.8 Å². The van der Waals surface area contributed by atoms with E-state index in [-0.39, 0.29) is 17.4 Å². The molecule has 0 fully saturated rings. The molecule has 0 aromatic heterocycles. The van der Waals surface area contributed by atoms with Crippen molar-refractivity contribution in [3.05, 3.63) is 181 Å². The molecule has 3 N–H and O–H groups in total. The van der Waals surface area contributed by atoms with Crippen LogP contribution in [0.4, 0.5) is 11.4 Å². The molecule has 0 bridgehead atoms. The van der Waals surface area contributed by atoms with E-state index in [2.05, 4.69) is 16.0 Å². The molecule has 0 unspecified atom stereocenters. The quantitative estimate of drug-likeness (QED) is 0.0888. The highest BCUT2D eigenvalue weighted by atomic mass is 32.2. The average molecular weight is 676 g/mol. The van der Waals surface area contributed by atoms with Crippen LogP contribution in [0.5, 0.6) is 11.5 Å². The summed E-state index contributed by atoms with van der Waals surface area (Å²) < 4.78 is 5.81. The molecule has 7 nitrogen and oxygen atoms in total. The molecular formula is C42H33N3O4S. The molecule has 0 aliphatic rings. The number of rotatable bonds is 12. The molecule has 6 aromatic carbocycles. The molecule has 50 heavy (non-hydrogen) atoms. The fourth-order valence-electron chi connectivity index (χ4n) is 4.95. The van der Waals surface area contributed by atoms with E-state index in [0.29, 0.717) is 22.7 Å². The Labute approximate surface area is 295 Å². The summed E-state index contributed by atoms with van der Waals surface area (Å²) in [4.78, 5) is 40.2. The lowest BCUT2D eigenvalue weighted by Crippen LogP contribution is -2.30. The van der Waals surface area contributed by atoms with Gasteiger partial charge in [0.25, 0.3) is 11.8 Å². The second-order valence-corrected chi connectivity index (χ2v) is 12.2. The molecule has 246 valence electrons. The Hall–Kier alpha value is -6.38. The monoisotopic (exact) mass is 675 g/mol. The Morgan fingerprint density at radius 2 is 1.20 bits per heavy atom. The first-order chi connectivity index (χ1) is 24.5. The van der Waals surface area contributed by atoms with Gasteiger partial charge < -0.3 is 20.7 Å². The molecule has 6 rings (SSSR count). The third-order valence-electron chi connectivity index (χ3n) is 7.44. The fourth-order valence-corrected chi connectivity index (χ4v) is 5.71. The Kier molecular flexibility index (Phi) is 11.2. The van der Waals surface area contributed by atoms with Gasteiger partial charge in [0.1, 0.15) is 17.2 Å². The number of carbonyl (C=O) groups excluding carboxylic acids is 3. The summed E-state index contributed by atoms with van der Waals surface area (Å²) in [6.45, 7) is 0. The van der Waals surface area contributed by atoms with E-state index in [0.717, 1.165) is 27.3 Å². The zero-order chi connectivity index (χ0) is 34.5. The predicted octanol–water partition coefficient (Wildman–Crippen LogP) is 9.29. The first-order valence-corrected chi connectivity index (χ1v) is 16.9. The summed E-state index contributed by atoms with van der Waals surface area (Å²) in [5.41, 5.74) is 4.56. The standard InChI is InChI=1S/C42H33N3O4S/c46-40(43-34-23-25-37(26-24-34)49-36-16-8-3-9-17-36)29-50-38-18-10-15-35(28-38)44-42(48)39(45-41(47)33-13-6-2-7-14-33)27-30-19-21-32(22-20-30)31-11-4-1-5-12-31/h1-28H,29H2,(H,43,46)(H,44,48)(H,45,47)/b39-27+. The van der Waals surface area contributed by atoms with Crippen LogP contribution >= 0.6 is 11.8 Å². The minimum Gasteiger partial charge on any atom is -0.457 e. The number of thioether (sulfide) groups is 1. The summed E-state index contributed by atoms with van der Waals surface area (Å²) >= 11 is 1.34. The summed E-state index contributed by atoms with van der Waals surface area (Å²) in [5, 5.41) is 8.58. The van der Waals surface area contributed by atoms with Gasteiger partial charge in [0.05, 0.1) is 5.75 Å². The van der Waals surface area contributed by atoms with Crippen LogP contribution < -0.4 is 20.7 Å². The van der Waals surface area contributed by atoms with Crippen LogP contribution in [-0.2, 0) is 9.59 Å². The Bertz CT molecular complexity index is 2090. The maximum absolute atomic E-state index is 13.6. The number of ether oxygens (including phenoxy) is 1. The predicted molar refractivity (Wildman–Crippen MR) is 201 cm³/mol. The van der Waals surface area contributed by atoms with Crippen LogP contribution in [0, 0.1) is 0 Å². The van der Waals surface area contributed by atoms with Crippen molar-refractivity contribution in [3.63, 3.8) is 0 Å². The minimum atomic E-state index is -0.485. The van der Waals surface area contributed by atoms with Crippen molar-refractivity contribution in [3.8, 4) is 22.6 Å². The number of amides is 3. The first-order valence-electron chi connectivity index (χ1n) is 15.9. The summed E-state index contributed by atoms with van der Waals surface area (Å²) in [7, 11) is 0. The van der Waals surface area contributed by atoms with Crippen LogP contribution in [0.1, 0.15) is 15.9 Å². The molecule has 0 saturated heterocycles. The van der Waals surface area contributed by atoms with Crippen LogP contribution in [0.25, 0.3) is 17.2 Å². The lowest BCUT2D eigenvalue weighted by Gasteiger charge is -2.12. The highest BCUT2D eigenvalue weighted by Gasteiger charge is 2.16. The van der Waals surface area contributed by atoms with Gasteiger partial charge in [0.2, 0.25) is 5.91 Å². The highest BCUT2D eigenvalue weighted by Crippen LogP contribution is 2.25. The Morgan fingerprint density at radius 3 is 1.90 bits per heavy atom. The van der Waals surface area contributed by atoms with Crippen molar-refractivity contribution in [1.82, 2.24) is 5.32 Å². The van der Waals surface area contributed by atoms with Crippen LogP contribution in [0.2, 0.25) is 0 Å². The number of para-hydroxylation sites is 1. The van der Waals surface area contributed by atoms with E-state index in [1.54, 1.807) is 72.8 Å². The minimum absolute atomic E-state index is 0.0870. The van der Waals surface area contributed by atoms with Gasteiger partial charge >= 0.3 is 0 Å². The molecule has 0 radical (unpaired) electrons. The third-order valence-corrected chi connectivity index (χ3v) is 8.43. The SMILES string of the molecule is O=C(CSc1cccc(NC(=O)/C(=C\c2ccc(-c3ccccc3)cc2)NC(=O)c2ccccc2)c1)Nc1ccc(Oc2ccccc2)cc1. The van der Waals surface area contributed by atoms with E-state index in [4.69, 9.17) is 4.74 Å². The van der Waals surface area contributed by atoms with Gasteiger partial charge in [-0.2, -0.15) is 0 Å². The zero-order valence-corrected chi connectivity index (χ0v) is 27.7. The van der Waals surface area contributed by atoms with Crippen molar-refractivity contribution in [1.29, 1.82) is 0 Å². The molecule has 3 amide bonds. The largest absolute Gasteiger partial charge is 0.457 e. The molecule has 0 aliphatic heterocycles. The van der Waals surface area contributed by atoms with E-state index >= 15 is 0 Å². The molecule has 0 spiro atoms. The maximum atomic E-state index is 13.6. The smallest absolute Gasteiger partial charge is 0.272 e. The van der Waals surface area contributed by atoms with Crippen molar-refractivity contribution < 1.29 is 19.1 Å². The molecule has 6 aromatic rings. The average Bonchev–Trinajstić information content (AvgIpc) is 3.16. The Morgan fingerprint density at radius 1 is 0.580 bits per heavy atom. The number of hydrogen-bond acceptors (Lipinski definition) is 5. The number of hydrogen-bond donors (Lipinski definition) is 3. The lowest BCUT2D eigenvalue weighted by atomic mass is 10.0. The van der Waals surface area contributed by atoms with Gasteiger partial charge in [-0.05, 0) is 89.5 Å². The number of benzene rings is 6. The summed E-state index contributed by atoms with van der Waals surface area (Å²) in [6.07, 6.45) is 1.65. The second kappa shape index (κ2) is 16.6. The fraction of sp³-hybridized carbons (Fsp3) is 0.0238. The van der Waals surface area contributed by atoms with Gasteiger partial charge in [-0.25, -0.2) is 0 Å². The van der Waals surface area contributed by atoms with Crippen molar-refractivity contribution >= 4 is 46.9 Å². The van der Waals surface area contributed by atoms with E-state index in [1.807, 2.05) is 97.1 Å². The number of nitrogens with one attached hydrogen (secondary N) is 3.